The van der Waals surface area contributed by atoms with Crippen LogP contribution in [0.2, 0.25) is 0 Å². The summed E-state index contributed by atoms with van der Waals surface area (Å²) in [6.45, 7) is 1.93. The highest BCUT2D eigenvalue weighted by Crippen LogP contribution is 2.16. The Labute approximate surface area is 158 Å². The molecule has 1 atom stereocenters. The van der Waals surface area contributed by atoms with E-state index in [4.69, 9.17) is 0 Å². The summed E-state index contributed by atoms with van der Waals surface area (Å²) in [5, 5.41) is 11.6. The summed E-state index contributed by atoms with van der Waals surface area (Å²) >= 11 is 0. The van der Waals surface area contributed by atoms with Crippen LogP contribution in [0.1, 0.15) is 36.5 Å². The topological polar surface area (TPSA) is 113 Å². The number of carbonyl (C=O) groups excluding carboxylic acids is 1. The number of aliphatic carboxylic acids is 1. The molecule has 2 aromatic rings. The smallest absolute Gasteiger partial charge is 0.326 e. The molecule has 2 aromatic carbocycles. The average Bonchev–Trinajstić information content (AvgIpc) is 2.65. The molecule has 1 amide bonds. The number of anilines is 1. The van der Waals surface area contributed by atoms with E-state index < -0.39 is 27.9 Å². The van der Waals surface area contributed by atoms with E-state index in [0.717, 1.165) is 6.42 Å². The largest absolute Gasteiger partial charge is 0.480 e. The maximum Gasteiger partial charge on any atom is 0.326 e. The van der Waals surface area contributed by atoms with Crippen molar-refractivity contribution in [1.29, 1.82) is 0 Å². The van der Waals surface area contributed by atoms with Crippen molar-refractivity contribution in [3.05, 3.63) is 60.2 Å². The van der Waals surface area contributed by atoms with Gasteiger partial charge in [0.2, 0.25) is 0 Å². The molecule has 0 aliphatic carbocycles. The zero-order valence-electron chi connectivity index (χ0n) is 14.9. The van der Waals surface area contributed by atoms with Crippen LogP contribution in [0.4, 0.5) is 5.69 Å². The molecule has 0 heterocycles. The summed E-state index contributed by atoms with van der Waals surface area (Å²) in [7, 11) is -3.78. The quantitative estimate of drug-likeness (QED) is 0.609. The van der Waals surface area contributed by atoms with Crippen molar-refractivity contribution in [2.45, 2.75) is 37.1 Å². The summed E-state index contributed by atoms with van der Waals surface area (Å²) in [6, 6.07) is 12.8. The number of para-hydroxylation sites is 1. The van der Waals surface area contributed by atoms with Crippen molar-refractivity contribution in [1.82, 2.24) is 5.32 Å². The van der Waals surface area contributed by atoms with Gasteiger partial charge >= 0.3 is 5.97 Å². The standard InChI is InChI=1S/C19H22N2O5S/c1-2-3-9-17(19(23)24)20-18(22)14-10-12-16(13-11-14)27(25,26)21-15-7-5-4-6-8-15/h4-8,10-13,17,21H,2-3,9H2,1H3,(H,20,22)(H,23,24)/t17-/m0/s1. The number of nitrogens with one attached hydrogen (secondary N) is 2. The van der Waals surface area contributed by atoms with E-state index >= 15 is 0 Å². The molecule has 144 valence electrons. The van der Waals surface area contributed by atoms with E-state index in [-0.39, 0.29) is 10.5 Å². The van der Waals surface area contributed by atoms with Crippen LogP contribution in [0.5, 0.6) is 0 Å². The molecule has 0 aliphatic heterocycles. The Balaban J connectivity index is 2.09. The van der Waals surface area contributed by atoms with Crippen LogP contribution in [0.25, 0.3) is 0 Å². The number of amides is 1. The van der Waals surface area contributed by atoms with Gasteiger partial charge < -0.3 is 10.4 Å². The lowest BCUT2D eigenvalue weighted by Crippen LogP contribution is -2.40. The Morgan fingerprint density at radius 2 is 1.67 bits per heavy atom. The van der Waals surface area contributed by atoms with E-state index in [1.165, 1.54) is 24.3 Å². The molecule has 7 nitrogen and oxygen atoms in total. The minimum atomic E-state index is -3.78. The van der Waals surface area contributed by atoms with Gasteiger partial charge in [0.15, 0.2) is 0 Å². The molecule has 3 N–H and O–H groups in total. The summed E-state index contributed by atoms with van der Waals surface area (Å²) in [4.78, 5) is 23.5. The molecule has 0 saturated carbocycles. The van der Waals surface area contributed by atoms with Gasteiger partial charge in [0, 0.05) is 11.3 Å². The van der Waals surface area contributed by atoms with Crippen LogP contribution in [0.15, 0.2) is 59.5 Å². The van der Waals surface area contributed by atoms with Crippen LogP contribution in [-0.2, 0) is 14.8 Å². The molecule has 0 unspecified atom stereocenters. The van der Waals surface area contributed by atoms with Crippen molar-refractivity contribution in [2.75, 3.05) is 4.72 Å². The van der Waals surface area contributed by atoms with Gasteiger partial charge in [0.25, 0.3) is 15.9 Å². The van der Waals surface area contributed by atoms with Gasteiger partial charge in [-0.15, -0.1) is 0 Å². The Morgan fingerprint density at radius 3 is 2.22 bits per heavy atom. The molecular formula is C19H22N2O5S. The van der Waals surface area contributed by atoms with Crippen molar-refractivity contribution >= 4 is 27.6 Å². The lowest BCUT2D eigenvalue weighted by molar-refractivity contribution is -0.139. The number of carbonyl (C=O) groups is 2. The van der Waals surface area contributed by atoms with Gasteiger partial charge in [-0.25, -0.2) is 13.2 Å². The van der Waals surface area contributed by atoms with Gasteiger partial charge in [0.05, 0.1) is 4.90 Å². The van der Waals surface area contributed by atoms with Crippen LogP contribution in [0, 0.1) is 0 Å². The van der Waals surface area contributed by atoms with Gasteiger partial charge in [-0.2, -0.15) is 0 Å². The minimum Gasteiger partial charge on any atom is -0.480 e. The fraction of sp³-hybridized carbons (Fsp3) is 0.263. The minimum absolute atomic E-state index is 0.00340. The van der Waals surface area contributed by atoms with Gasteiger partial charge in [-0.3, -0.25) is 9.52 Å². The first-order valence-corrected chi connectivity index (χ1v) is 10.0. The molecule has 0 radical (unpaired) electrons. The molecule has 0 aromatic heterocycles. The zero-order chi connectivity index (χ0) is 19.9. The van der Waals surface area contributed by atoms with Crippen molar-refractivity contribution in [2.24, 2.45) is 0 Å². The number of hydrogen-bond donors (Lipinski definition) is 3. The predicted molar refractivity (Wildman–Crippen MR) is 102 cm³/mol. The molecule has 0 fully saturated rings. The predicted octanol–water partition coefficient (Wildman–Crippen LogP) is 2.86. The fourth-order valence-corrected chi connectivity index (χ4v) is 3.47. The van der Waals surface area contributed by atoms with Crippen molar-refractivity contribution < 1.29 is 23.1 Å². The summed E-state index contributed by atoms with van der Waals surface area (Å²) in [5.74, 6) is -1.65. The summed E-state index contributed by atoms with van der Waals surface area (Å²) in [6.07, 6.45) is 1.84. The monoisotopic (exact) mass is 390 g/mol. The highest BCUT2D eigenvalue weighted by Gasteiger charge is 2.21. The number of sulfonamides is 1. The van der Waals surface area contributed by atoms with Crippen LogP contribution >= 0.6 is 0 Å². The number of rotatable bonds is 9. The van der Waals surface area contributed by atoms with Crippen LogP contribution in [0.3, 0.4) is 0 Å². The first-order chi connectivity index (χ1) is 12.8. The fourth-order valence-electron chi connectivity index (χ4n) is 2.41. The second kappa shape index (κ2) is 9.18. The van der Waals surface area contributed by atoms with E-state index in [1.807, 2.05) is 6.92 Å². The van der Waals surface area contributed by atoms with E-state index in [1.54, 1.807) is 30.3 Å². The van der Waals surface area contributed by atoms with Crippen LogP contribution < -0.4 is 10.0 Å². The Bertz CT molecular complexity index is 880. The Morgan fingerprint density at radius 1 is 1.04 bits per heavy atom. The molecule has 0 aliphatic rings. The third-order valence-electron chi connectivity index (χ3n) is 3.90. The molecule has 8 heteroatoms. The lowest BCUT2D eigenvalue weighted by Gasteiger charge is -2.14. The summed E-state index contributed by atoms with van der Waals surface area (Å²) < 4.78 is 27.2. The normalized spacial score (nSPS) is 12.2. The SMILES string of the molecule is CCCC[C@H](NC(=O)c1ccc(S(=O)(=O)Nc2ccccc2)cc1)C(=O)O. The van der Waals surface area contributed by atoms with Crippen molar-refractivity contribution in [3.63, 3.8) is 0 Å². The van der Waals surface area contributed by atoms with Crippen molar-refractivity contribution in [3.8, 4) is 0 Å². The number of hydrogen-bond acceptors (Lipinski definition) is 4. The summed E-state index contributed by atoms with van der Waals surface area (Å²) in [5.41, 5.74) is 0.621. The molecule has 0 saturated heterocycles. The second-order valence-electron chi connectivity index (χ2n) is 6.00. The molecule has 0 spiro atoms. The van der Waals surface area contributed by atoms with E-state index in [2.05, 4.69) is 10.0 Å². The van der Waals surface area contributed by atoms with Gasteiger partial charge in [0.1, 0.15) is 6.04 Å². The second-order valence-corrected chi connectivity index (χ2v) is 7.68. The van der Waals surface area contributed by atoms with Crippen LogP contribution in [-0.4, -0.2) is 31.4 Å². The lowest BCUT2D eigenvalue weighted by atomic mass is 10.1. The van der Waals surface area contributed by atoms with Gasteiger partial charge in [-0.05, 0) is 42.8 Å². The molecule has 27 heavy (non-hydrogen) atoms. The first kappa shape index (κ1) is 20.4. The zero-order valence-corrected chi connectivity index (χ0v) is 15.7. The number of unbranched alkanes of at least 4 members (excludes halogenated alkanes) is 1. The maximum atomic E-state index is 12.4. The number of benzene rings is 2. The molecule has 2 rings (SSSR count). The first-order valence-electron chi connectivity index (χ1n) is 8.55. The maximum absolute atomic E-state index is 12.4. The molecule has 0 bridgehead atoms. The Kier molecular flexibility index (Phi) is 6.95. The van der Waals surface area contributed by atoms with E-state index in [9.17, 15) is 23.1 Å². The number of carboxylic acids is 1. The third kappa shape index (κ3) is 5.82. The Hall–Kier alpha value is -2.87. The highest BCUT2D eigenvalue weighted by atomic mass is 32.2. The third-order valence-corrected chi connectivity index (χ3v) is 5.30. The average molecular weight is 390 g/mol. The van der Waals surface area contributed by atoms with E-state index in [0.29, 0.717) is 18.5 Å². The molecular weight excluding hydrogens is 368 g/mol. The highest BCUT2D eigenvalue weighted by molar-refractivity contribution is 7.92. The number of carboxylic acid groups (broad SMARTS) is 1. The van der Waals surface area contributed by atoms with Gasteiger partial charge in [-0.1, -0.05) is 38.0 Å².